The smallest absolute Gasteiger partial charge is 0.244 e. The molecule has 4 heterocycles. The van der Waals surface area contributed by atoms with Crippen LogP contribution >= 0.6 is 0 Å². The highest BCUT2D eigenvalue weighted by atomic mass is 32.2. The molecule has 6 rings (SSSR count). The first kappa shape index (κ1) is 24.3. The SMILES string of the molecule is CC[C@]12Cc3cnn(-c4ccc(F)cc4)c3C=C1CCN(S(=O)(=O)c1ccc(N3CC[C@@H](O)C3)nc1)C2. The molecule has 3 aromatic rings. The van der Waals surface area contributed by atoms with Crippen LogP contribution in [-0.2, 0) is 16.4 Å². The number of aromatic nitrogens is 3. The van der Waals surface area contributed by atoms with Crippen molar-refractivity contribution in [3.05, 3.63) is 71.4 Å². The second-order valence-electron chi connectivity index (χ2n) is 10.3. The van der Waals surface area contributed by atoms with E-state index in [-0.39, 0.29) is 22.2 Å². The van der Waals surface area contributed by atoms with Crippen LogP contribution in [0.25, 0.3) is 11.8 Å². The normalized spacial score (nSPS) is 24.0. The van der Waals surface area contributed by atoms with Crippen molar-refractivity contribution in [3.63, 3.8) is 0 Å². The third-order valence-electron chi connectivity index (χ3n) is 8.11. The fraction of sp³-hybridized carbons (Fsp3) is 0.407. The first-order chi connectivity index (χ1) is 17.8. The molecule has 2 aliphatic heterocycles. The quantitative estimate of drug-likeness (QED) is 0.551. The van der Waals surface area contributed by atoms with E-state index in [1.807, 2.05) is 15.8 Å². The number of nitrogens with zero attached hydrogens (tertiary/aromatic N) is 5. The molecular formula is C27H30FN5O3S. The minimum Gasteiger partial charge on any atom is -0.391 e. The third kappa shape index (κ3) is 4.17. The predicted octanol–water partition coefficient (Wildman–Crippen LogP) is 3.41. The number of hydrogen-bond acceptors (Lipinski definition) is 6. The van der Waals surface area contributed by atoms with Gasteiger partial charge in [-0.25, -0.2) is 22.5 Å². The van der Waals surface area contributed by atoms with Crippen LogP contribution in [0.1, 0.15) is 37.4 Å². The number of aliphatic hydroxyl groups excluding tert-OH is 1. The molecule has 2 atom stereocenters. The Morgan fingerprint density at radius 2 is 1.95 bits per heavy atom. The number of anilines is 1. The fourth-order valence-corrected chi connectivity index (χ4v) is 7.38. The second kappa shape index (κ2) is 9.04. The molecule has 2 fully saturated rings. The van der Waals surface area contributed by atoms with Crippen molar-refractivity contribution in [3.8, 4) is 5.69 Å². The molecule has 2 saturated heterocycles. The third-order valence-corrected chi connectivity index (χ3v) is 9.94. The standard InChI is InChI=1S/C27H30FN5O3S/c1-2-27-14-19-15-30-33(22-5-3-21(28)4-6-22)25(19)13-20(27)9-12-32(18-27)37(35,36)24-7-8-26(29-16-24)31-11-10-23(34)17-31/h3-8,13,15-16,23,34H,2,9-12,14,17-18H2,1H3/t23-,27-/m1/s1. The molecule has 3 aliphatic rings. The molecule has 37 heavy (non-hydrogen) atoms. The van der Waals surface area contributed by atoms with E-state index in [0.717, 1.165) is 23.4 Å². The molecular weight excluding hydrogens is 493 g/mol. The van der Waals surface area contributed by atoms with Gasteiger partial charge in [0.1, 0.15) is 16.5 Å². The van der Waals surface area contributed by atoms with E-state index < -0.39 is 10.0 Å². The Balaban J connectivity index is 1.26. The van der Waals surface area contributed by atoms with Gasteiger partial charge in [0.25, 0.3) is 0 Å². The molecule has 0 unspecified atom stereocenters. The van der Waals surface area contributed by atoms with Crippen LogP contribution in [0.3, 0.4) is 0 Å². The molecule has 0 radical (unpaired) electrons. The van der Waals surface area contributed by atoms with Crippen molar-refractivity contribution >= 4 is 21.9 Å². The number of pyridine rings is 1. The van der Waals surface area contributed by atoms with Crippen molar-refractivity contribution in [2.24, 2.45) is 5.41 Å². The minimum atomic E-state index is -3.71. The second-order valence-corrected chi connectivity index (χ2v) is 12.2. The van der Waals surface area contributed by atoms with Crippen LogP contribution < -0.4 is 4.90 Å². The summed E-state index contributed by atoms with van der Waals surface area (Å²) in [5.74, 6) is 0.392. The zero-order valence-corrected chi connectivity index (χ0v) is 21.5. The highest BCUT2D eigenvalue weighted by molar-refractivity contribution is 7.89. The molecule has 194 valence electrons. The van der Waals surface area contributed by atoms with Gasteiger partial charge < -0.3 is 10.0 Å². The topological polar surface area (TPSA) is 91.6 Å². The van der Waals surface area contributed by atoms with Gasteiger partial charge in [0.2, 0.25) is 10.0 Å². The molecule has 8 nitrogen and oxygen atoms in total. The maximum atomic E-state index is 13.6. The Morgan fingerprint density at radius 1 is 1.14 bits per heavy atom. The summed E-state index contributed by atoms with van der Waals surface area (Å²) in [5, 5.41) is 14.4. The molecule has 1 aliphatic carbocycles. The number of sulfonamides is 1. The molecule has 0 amide bonds. The Morgan fingerprint density at radius 3 is 2.62 bits per heavy atom. The molecule has 0 saturated carbocycles. The van der Waals surface area contributed by atoms with E-state index >= 15 is 0 Å². The highest BCUT2D eigenvalue weighted by Crippen LogP contribution is 2.47. The van der Waals surface area contributed by atoms with Crippen molar-refractivity contribution < 1.29 is 17.9 Å². The first-order valence-corrected chi connectivity index (χ1v) is 14.2. The van der Waals surface area contributed by atoms with Crippen LogP contribution in [0.15, 0.2) is 59.3 Å². The van der Waals surface area contributed by atoms with Crippen molar-refractivity contribution in [1.29, 1.82) is 0 Å². The molecule has 0 bridgehead atoms. The Labute approximate surface area is 216 Å². The van der Waals surface area contributed by atoms with Gasteiger partial charge in [0.05, 0.1) is 23.7 Å². The lowest BCUT2D eigenvalue weighted by Crippen LogP contribution is -2.49. The Hall–Kier alpha value is -3.08. The molecule has 2 aromatic heterocycles. The fourth-order valence-electron chi connectivity index (χ4n) is 5.90. The van der Waals surface area contributed by atoms with E-state index in [0.29, 0.717) is 51.3 Å². The van der Waals surface area contributed by atoms with E-state index in [1.165, 1.54) is 23.9 Å². The number of fused-ring (bicyclic) bond motifs is 2. The summed E-state index contributed by atoms with van der Waals surface area (Å²) >= 11 is 0. The zero-order chi connectivity index (χ0) is 25.8. The predicted molar refractivity (Wildman–Crippen MR) is 138 cm³/mol. The number of hydrogen-bond donors (Lipinski definition) is 1. The van der Waals surface area contributed by atoms with Crippen LogP contribution in [-0.4, -0.2) is 64.9 Å². The number of aliphatic hydroxyl groups is 1. The summed E-state index contributed by atoms with van der Waals surface area (Å²) in [6, 6.07) is 9.63. The lowest BCUT2D eigenvalue weighted by molar-refractivity contribution is 0.198. The van der Waals surface area contributed by atoms with Crippen molar-refractivity contribution in [2.45, 2.75) is 43.6 Å². The van der Waals surface area contributed by atoms with E-state index in [2.05, 4.69) is 23.1 Å². The number of piperidine rings is 1. The summed E-state index contributed by atoms with van der Waals surface area (Å²) in [6.45, 7) is 4.13. The number of halogens is 1. The Kier molecular flexibility index (Phi) is 5.93. The number of benzene rings is 1. The van der Waals surface area contributed by atoms with Crippen LogP contribution in [0.5, 0.6) is 0 Å². The van der Waals surface area contributed by atoms with Gasteiger partial charge in [-0.05, 0) is 73.7 Å². The van der Waals surface area contributed by atoms with Gasteiger partial charge in [-0.2, -0.15) is 9.40 Å². The van der Waals surface area contributed by atoms with Crippen molar-refractivity contribution in [2.75, 3.05) is 31.1 Å². The van der Waals surface area contributed by atoms with E-state index in [1.54, 1.807) is 28.6 Å². The van der Waals surface area contributed by atoms with E-state index in [4.69, 9.17) is 0 Å². The molecule has 1 aromatic carbocycles. The summed E-state index contributed by atoms with van der Waals surface area (Å²) < 4.78 is 44.1. The van der Waals surface area contributed by atoms with Gasteiger partial charge in [0, 0.05) is 37.8 Å². The van der Waals surface area contributed by atoms with Gasteiger partial charge in [0.15, 0.2) is 0 Å². The Bertz CT molecular complexity index is 1450. The number of rotatable bonds is 5. The van der Waals surface area contributed by atoms with E-state index in [9.17, 15) is 17.9 Å². The van der Waals surface area contributed by atoms with Gasteiger partial charge in [-0.15, -0.1) is 0 Å². The minimum absolute atomic E-state index is 0.190. The lowest BCUT2D eigenvalue weighted by atomic mass is 9.67. The maximum absolute atomic E-state index is 13.6. The monoisotopic (exact) mass is 523 g/mol. The summed E-state index contributed by atoms with van der Waals surface area (Å²) in [7, 11) is -3.71. The van der Waals surface area contributed by atoms with Crippen LogP contribution in [0.4, 0.5) is 10.2 Å². The maximum Gasteiger partial charge on any atom is 0.244 e. The van der Waals surface area contributed by atoms with Gasteiger partial charge >= 0.3 is 0 Å². The van der Waals surface area contributed by atoms with Gasteiger partial charge in [-0.3, -0.25) is 0 Å². The number of β-amino-alcohol motifs (C(OH)–C–C–N with tert-alkyl or cyclic N) is 1. The molecule has 1 N–H and O–H groups in total. The molecule has 10 heteroatoms. The average Bonchev–Trinajstić information content (AvgIpc) is 3.53. The summed E-state index contributed by atoms with van der Waals surface area (Å²) in [6.07, 6.45) is 7.90. The van der Waals surface area contributed by atoms with Crippen molar-refractivity contribution in [1.82, 2.24) is 19.1 Å². The molecule has 0 spiro atoms. The largest absolute Gasteiger partial charge is 0.391 e. The summed E-state index contributed by atoms with van der Waals surface area (Å²) in [5.41, 5.74) is 3.78. The highest BCUT2D eigenvalue weighted by Gasteiger charge is 2.45. The van der Waals surface area contributed by atoms with Crippen LogP contribution in [0.2, 0.25) is 0 Å². The average molecular weight is 524 g/mol. The van der Waals surface area contributed by atoms with Crippen LogP contribution in [0, 0.1) is 11.2 Å². The van der Waals surface area contributed by atoms with Gasteiger partial charge in [-0.1, -0.05) is 12.5 Å². The lowest BCUT2D eigenvalue weighted by Gasteiger charge is -2.45. The first-order valence-electron chi connectivity index (χ1n) is 12.7. The summed E-state index contributed by atoms with van der Waals surface area (Å²) in [4.78, 5) is 6.56. The zero-order valence-electron chi connectivity index (χ0n) is 20.7.